The Kier molecular flexibility index (Phi) is 24.1. The molecule has 0 rings (SSSR count). The number of alkyl halides is 1. The molecule has 49 heavy (non-hydrogen) atoms. The molecule has 0 amide bonds. The zero-order valence-electron chi connectivity index (χ0n) is 33.4. The van der Waals surface area contributed by atoms with Crippen molar-refractivity contribution in [3.63, 3.8) is 0 Å². The zero-order valence-corrected chi connectivity index (χ0v) is 40.4. The fourth-order valence-corrected chi connectivity index (χ4v) is 30.0. The Morgan fingerprint density at radius 1 is 0.347 bits per heavy atom. The van der Waals surface area contributed by atoms with Crippen molar-refractivity contribution < 1.29 is 61.3 Å². The van der Waals surface area contributed by atoms with Crippen LogP contribution in [0.3, 0.4) is 0 Å². The highest BCUT2D eigenvalue weighted by Crippen LogP contribution is 2.36. The lowest BCUT2D eigenvalue weighted by molar-refractivity contribution is 0.0567. The van der Waals surface area contributed by atoms with Crippen LogP contribution in [0.25, 0.3) is 0 Å². The molecule has 0 radical (unpaired) electrons. The molecule has 0 unspecified atom stereocenters. The quantitative estimate of drug-likeness (QED) is 0.0527. The van der Waals surface area contributed by atoms with Crippen LogP contribution in [0.5, 0.6) is 0 Å². The van der Waals surface area contributed by atoms with Crippen LogP contribution in [0.2, 0.25) is 81.6 Å². The van der Waals surface area contributed by atoms with Crippen LogP contribution in [0.1, 0.15) is 25.7 Å². The highest BCUT2D eigenvalue weighted by Gasteiger charge is 2.53. The maximum Gasteiger partial charge on any atom is 0.500 e. The molecule has 0 aromatic rings. The van der Waals surface area contributed by atoms with E-state index in [9.17, 15) is 4.39 Å². The third kappa shape index (κ3) is 18.2. The Morgan fingerprint density at radius 2 is 0.592 bits per heavy atom. The third-order valence-electron chi connectivity index (χ3n) is 8.73. The molecule has 0 heterocycles. The van der Waals surface area contributed by atoms with Crippen molar-refractivity contribution in [2.24, 2.45) is 0 Å². The summed E-state index contributed by atoms with van der Waals surface area (Å²) in [6.45, 7) is 12.7. The minimum atomic E-state index is -3.38. The monoisotopic (exact) mass is 830 g/mol. The van der Waals surface area contributed by atoms with Gasteiger partial charge in [0.1, 0.15) is 0 Å². The maximum atomic E-state index is 13.0. The van der Waals surface area contributed by atoms with Crippen molar-refractivity contribution in [2.45, 2.75) is 107 Å². The van der Waals surface area contributed by atoms with Crippen LogP contribution in [0.15, 0.2) is 0 Å². The summed E-state index contributed by atoms with van der Waals surface area (Å²) in [5, 5.41) is 0. The Hall–Kier alpha value is 0.928. The minimum absolute atomic E-state index is 0.254. The second kappa shape index (κ2) is 23.7. The lowest BCUT2D eigenvalue weighted by atomic mass is 10.5. The average molecular weight is 831 g/mol. The molecule has 0 aliphatic rings. The van der Waals surface area contributed by atoms with E-state index in [1.807, 2.05) is 0 Å². The first kappa shape index (κ1) is 49.9. The normalized spacial score (nSPS) is 14.2. The minimum Gasteiger partial charge on any atom is -0.417 e. The van der Waals surface area contributed by atoms with Crippen molar-refractivity contribution in [3.8, 4) is 0 Å². The van der Waals surface area contributed by atoms with Gasteiger partial charge in [0.2, 0.25) is 0 Å². The smallest absolute Gasteiger partial charge is 0.417 e. The predicted octanol–water partition coefficient (Wildman–Crippen LogP) is 6.73. The molecule has 0 saturated heterocycles. The second-order valence-electron chi connectivity index (χ2n) is 13.8. The Labute approximate surface area is 305 Å². The van der Waals surface area contributed by atoms with Crippen LogP contribution >= 0.6 is 0 Å². The molecule has 0 aromatic heterocycles. The molecule has 0 aliphatic heterocycles. The summed E-state index contributed by atoms with van der Waals surface area (Å²) in [4.78, 5) is 0. The number of hydrogen-bond acceptors (Lipinski definition) is 13. The van der Waals surface area contributed by atoms with Gasteiger partial charge in [-0.2, -0.15) is 0 Å². The molecule has 0 N–H and O–H groups in total. The number of halogens is 1. The Morgan fingerprint density at radius 3 is 0.816 bits per heavy atom. The Balaban J connectivity index is 6.52. The van der Waals surface area contributed by atoms with Crippen molar-refractivity contribution in [2.75, 3.05) is 77.5 Å². The van der Waals surface area contributed by atoms with Gasteiger partial charge in [0.25, 0.3) is 0 Å². The number of hydrogen-bond donors (Lipinski definition) is 0. The molecular formula is C28H71FO13Si7. The molecule has 0 saturated carbocycles. The topological polar surface area (TPSA) is 120 Å². The molecule has 0 fully saturated rings. The summed E-state index contributed by atoms with van der Waals surface area (Å²) in [7, 11) is -4.14. The van der Waals surface area contributed by atoms with Crippen molar-refractivity contribution in [1.29, 1.82) is 0 Å². The van der Waals surface area contributed by atoms with Gasteiger partial charge in [-0.1, -0.05) is 0 Å². The van der Waals surface area contributed by atoms with Gasteiger partial charge >= 0.3 is 35.2 Å². The molecule has 0 spiro atoms. The van der Waals surface area contributed by atoms with E-state index in [2.05, 4.69) is 39.3 Å². The molecule has 0 atom stereocenters. The predicted molar refractivity (Wildman–Crippen MR) is 206 cm³/mol. The first-order valence-corrected chi connectivity index (χ1v) is 34.1. The van der Waals surface area contributed by atoms with Gasteiger partial charge in [-0.05, 0) is 83.1 Å². The lowest BCUT2D eigenvalue weighted by Gasteiger charge is -2.45. The lowest BCUT2D eigenvalue weighted by Crippen LogP contribution is -2.62. The zero-order chi connectivity index (χ0) is 37.9. The van der Waals surface area contributed by atoms with Crippen molar-refractivity contribution in [1.82, 2.24) is 0 Å². The molecule has 0 bridgehead atoms. The standard InChI is InChI=1S/C28H71FO13Si7/c1-30-46(31-2,32-3)25-17-21-43(10,11)40-49(24-16-20-39-28-29,41-44(12,13)22-18-26-47(33-4,34-5)35-6)42-45(14,15)23-19-27-48(36-7,37-8)38-9/h16-28H2,1-15H3. The fourth-order valence-electron chi connectivity index (χ4n) is 5.94. The molecule has 0 aliphatic carbocycles. The van der Waals surface area contributed by atoms with E-state index < -0.39 is 67.0 Å². The summed E-state index contributed by atoms with van der Waals surface area (Å²) >= 11 is 0. The third-order valence-corrected chi connectivity index (χ3v) is 33.2. The molecular weight excluding hydrogens is 760 g/mol. The summed E-state index contributed by atoms with van der Waals surface area (Å²) in [5.41, 5.74) is 0. The van der Waals surface area contributed by atoms with Crippen molar-refractivity contribution in [3.05, 3.63) is 0 Å². The molecule has 13 nitrogen and oxygen atoms in total. The van der Waals surface area contributed by atoms with Gasteiger partial charge in [-0.15, -0.1) is 0 Å². The van der Waals surface area contributed by atoms with Crippen LogP contribution in [-0.4, -0.2) is 138 Å². The largest absolute Gasteiger partial charge is 0.500 e. The van der Waals surface area contributed by atoms with Crippen LogP contribution < -0.4 is 0 Å². The second-order valence-corrected chi connectivity index (χ2v) is 39.5. The van der Waals surface area contributed by atoms with Gasteiger partial charge in [-0.3, -0.25) is 0 Å². The SMILES string of the molecule is CO[Si](CCC[Si](C)(C)O[Si](CCCOCF)(O[Si](C)(C)CCC[Si](OC)(OC)OC)O[Si](C)(C)CCC[Si](OC)(OC)OC)(OC)OC. The van der Waals surface area contributed by atoms with E-state index in [-0.39, 0.29) is 6.61 Å². The summed E-state index contributed by atoms with van der Waals surface area (Å²) in [5.74, 6) is 0. The van der Waals surface area contributed by atoms with Crippen LogP contribution in [-0.2, 0) is 56.9 Å². The van der Waals surface area contributed by atoms with Gasteiger partial charge < -0.3 is 56.9 Å². The van der Waals surface area contributed by atoms with Gasteiger partial charge in [0.05, 0.1) is 0 Å². The van der Waals surface area contributed by atoms with Crippen molar-refractivity contribution >= 4 is 60.2 Å². The molecule has 296 valence electrons. The van der Waals surface area contributed by atoms with E-state index in [1.165, 1.54) is 0 Å². The van der Waals surface area contributed by atoms with E-state index >= 15 is 0 Å². The molecule has 0 aromatic carbocycles. The summed E-state index contributed by atoms with van der Waals surface area (Å²) < 4.78 is 91.3. The average Bonchev–Trinajstić information content (AvgIpc) is 3.05. The fraction of sp³-hybridized carbons (Fsp3) is 1.00. The van der Waals surface area contributed by atoms with Gasteiger partial charge in [0, 0.05) is 94.8 Å². The maximum absolute atomic E-state index is 13.0. The van der Waals surface area contributed by atoms with E-state index in [1.54, 1.807) is 64.0 Å². The number of ether oxygens (including phenoxy) is 1. The number of rotatable bonds is 32. The van der Waals surface area contributed by atoms with E-state index in [0.29, 0.717) is 30.6 Å². The summed E-state index contributed by atoms with van der Waals surface area (Å²) in [6, 6.07) is 5.04. The van der Waals surface area contributed by atoms with E-state index in [0.717, 1.165) is 37.4 Å². The molecule has 21 heteroatoms. The highest BCUT2D eigenvalue weighted by atomic mass is 28.5. The van der Waals surface area contributed by atoms with Crippen LogP contribution in [0.4, 0.5) is 4.39 Å². The van der Waals surface area contributed by atoms with Crippen LogP contribution in [0, 0.1) is 0 Å². The highest BCUT2D eigenvalue weighted by molar-refractivity contribution is 6.90. The Bertz CT molecular complexity index is 746. The first-order chi connectivity index (χ1) is 22.8. The van der Waals surface area contributed by atoms with E-state index in [4.69, 9.17) is 56.9 Å². The first-order valence-electron chi connectivity index (χ1n) is 17.1. The summed E-state index contributed by atoms with van der Waals surface area (Å²) in [6.07, 6.45) is 3.00. The van der Waals surface area contributed by atoms with Gasteiger partial charge in [-0.25, -0.2) is 4.39 Å². The van der Waals surface area contributed by atoms with Gasteiger partial charge in [0.15, 0.2) is 31.8 Å².